The predicted octanol–water partition coefficient (Wildman–Crippen LogP) is 2.63. The maximum Gasteiger partial charge on any atom is 0.411 e. The Morgan fingerprint density at radius 1 is 1.11 bits per heavy atom. The van der Waals surface area contributed by atoms with E-state index in [4.69, 9.17) is 4.74 Å². The molecule has 0 atom stereocenters. The summed E-state index contributed by atoms with van der Waals surface area (Å²) in [6.45, 7) is 2.42. The van der Waals surface area contributed by atoms with Crippen LogP contribution in [0.15, 0.2) is 29.3 Å². The van der Waals surface area contributed by atoms with Crippen molar-refractivity contribution >= 4 is 29.9 Å². The quantitative estimate of drug-likeness (QED) is 0.268. The van der Waals surface area contributed by atoms with E-state index in [1.165, 1.54) is 0 Å². The van der Waals surface area contributed by atoms with Gasteiger partial charge >= 0.3 is 6.18 Å². The number of benzene rings is 1. The Morgan fingerprint density at radius 2 is 1.75 bits per heavy atom. The fraction of sp³-hybridized carbons (Fsp3) is 0.611. The average molecular weight is 518 g/mol. The third-order valence-electron chi connectivity index (χ3n) is 3.70. The molecular weight excluding hydrogens is 488 g/mol. The number of halogens is 4. The van der Waals surface area contributed by atoms with Crippen LogP contribution in [0, 0.1) is 0 Å². The molecule has 1 aromatic rings. The molecule has 0 aliphatic rings. The van der Waals surface area contributed by atoms with Crippen molar-refractivity contribution in [2.45, 2.75) is 19.3 Å². The van der Waals surface area contributed by atoms with E-state index < -0.39 is 12.8 Å². The molecule has 0 unspecified atom stereocenters. The van der Waals surface area contributed by atoms with Gasteiger partial charge in [0.05, 0.1) is 13.2 Å². The normalized spacial score (nSPS) is 12.0. The summed E-state index contributed by atoms with van der Waals surface area (Å²) in [6, 6.07) is 7.22. The minimum Gasteiger partial charge on any atom is -0.383 e. The number of methoxy groups -OCH3 is 1. The zero-order chi connectivity index (χ0) is 20.1. The van der Waals surface area contributed by atoms with E-state index in [2.05, 4.69) is 25.3 Å². The molecule has 0 bridgehead atoms. The molecule has 2 N–H and O–H groups in total. The van der Waals surface area contributed by atoms with Gasteiger partial charge < -0.3 is 25.0 Å². The van der Waals surface area contributed by atoms with Crippen LogP contribution in [-0.2, 0) is 22.6 Å². The fourth-order valence-electron chi connectivity index (χ4n) is 2.17. The zero-order valence-corrected chi connectivity index (χ0v) is 18.8. The first-order valence-corrected chi connectivity index (χ1v) is 8.68. The van der Waals surface area contributed by atoms with E-state index in [0.717, 1.165) is 25.2 Å². The van der Waals surface area contributed by atoms with E-state index >= 15 is 0 Å². The van der Waals surface area contributed by atoms with E-state index in [1.807, 2.05) is 19.2 Å². The van der Waals surface area contributed by atoms with Crippen LogP contribution >= 0.6 is 24.0 Å². The summed E-state index contributed by atoms with van der Waals surface area (Å²) >= 11 is 0. The van der Waals surface area contributed by atoms with Crippen molar-refractivity contribution in [3.8, 4) is 0 Å². The molecule has 0 aliphatic heterocycles. The van der Waals surface area contributed by atoms with Gasteiger partial charge in [-0.2, -0.15) is 13.2 Å². The minimum atomic E-state index is -4.30. The first-order chi connectivity index (χ1) is 12.8. The largest absolute Gasteiger partial charge is 0.411 e. The maximum absolute atomic E-state index is 12.1. The number of likely N-dealkylation sites (N-methyl/N-ethyl adjacent to an activating group) is 1. The average Bonchev–Trinajstić information content (AvgIpc) is 2.62. The molecule has 0 spiro atoms. The third kappa shape index (κ3) is 13.1. The van der Waals surface area contributed by atoms with Gasteiger partial charge in [0.15, 0.2) is 5.96 Å². The first kappa shape index (κ1) is 26.9. The molecule has 1 aromatic carbocycles. The molecule has 0 fully saturated rings. The van der Waals surface area contributed by atoms with Crippen molar-refractivity contribution in [3.63, 3.8) is 0 Å². The van der Waals surface area contributed by atoms with Crippen LogP contribution in [0.25, 0.3) is 0 Å². The maximum atomic E-state index is 12.1. The summed E-state index contributed by atoms with van der Waals surface area (Å²) < 4.78 is 45.9. The Hall–Kier alpha value is -1.11. The van der Waals surface area contributed by atoms with Crippen LogP contribution in [0.3, 0.4) is 0 Å². The molecule has 162 valence electrons. The summed E-state index contributed by atoms with van der Waals surface area (Å²) in [5, 5.41) is 6.43. The SMILES string of the molecule is CN=C(NCCN(C)CCOC)NCc1ccc(COCC(F)(F)F)cc1.I. The Kier molecular flexibility index (Phi) is 14.2. The number of hydrogen-bond acceptors (Lipinski definition) is 4. The lowest BCUT2D eigenvalue weighted by Crippen LogP contribution is -2.41. The summed E-state index contributed by atoms with van der Waals surface area (Å²) in [5.74, 6) is 0.688. The van der Waals surface area contributed by atoms with E-state index in [9.17, 15) is 13.2 Å². The highest BCUT2D eigenvalue weighted by Crippen LogP contribution is 2.15. The second kappa shape index (κ2) is 14.8. The first-order valence-electron chi connectivity index (χ1n) is 8.68. The molecule has 0 radical (unpaired) electrons. The Morgan fingerprint density at radius 3 is 2.32 bits per heavy atom. The number of alkyl halides is 3. The molecule has 0 amide bonds. The highest BCUT2D eigenvalue weighted by Gasteiger charge is 2.27. The zero-order valence-electron chi connectivity index (χ0n) is 16.5. The molecule has 0 aromatic heterocycles. The highest BCUT2D eigenvalue weighted by atomic mass is 127. The lowest BCUT2D eigenvalue weighted by molar-refractivity contribution is -0.176. The second-order valence-electron chi connectivity index (χ2n) is 6.07. The van der Waals surface area contributed by atoms with Crippen LogP contribution in [0.2, 0.25) is 0 Å². The van der Waals surface area contributed by atoms with Gasteiger partial charge in [0.25, 0.3) is 0 Å². The smallest absolute Gasteiger partial charge is 0.383 e. The number of aliphatic imine (C=N–C) groups is 1. The second-order valence-corrected chi connectivity index (χ2v) is 6.07. The fourth-order valence-corrected chi connectivity index (χ4v) is 2.17. The summed E-state index contributed by atoms with van der Waals surface area (Å²) in [7, 11) is 5.40. The molecule has 28 heavy (non-hydrogen) atoms. The van der Waals surface area contributed by atoms with Crippen molar-refractivity contribution in [3.05, 3.63) is 35.4 Å². The van der Waals surface area contributed by atoms with Crippen LogP contribution in [0.5, 0.6) is 0 Å². The number of nitrogens with one attached hydrogen (secondary N) is 2. The molecule has 0 saturated carbocycles. The van der Waals surface area contributed by atoms with Gasteiger partial charge in [0, 0.05) is 40.3 Å². The van der Waals surface area contributed by atoms with Gasteiger partial charge in [-0.05, 0) is 18.2 Å². The number of nitrogens with zero attached hydrogens (tertiary/aromatic N) is 2. The summed E-state index contributed by atoms with van der Waals surface area (Å²) in [4.78, 5) is 6.32. The number of rotatable bonds is 11. The standard InChI is InChI=1S/C18H29F3N4O2.HI/c1-22-17(23-8-9-25(2)10-11-26-3)24-12-15-4-6-16(7-5-15)13-27-14-18(19,20)21;/h4-7H,8-14H2,1-3H3,(H2,22,23,24);1H. The van der Waals surface area contributed by atoms with Gasteiger partial charge in [-0.1, -0.05) is 24.3 Å². The predicted molar refractivity (Wildman–Crippen MR) is 115 cm³/mol. The van der Waals surface area contributed by atoms with E-state index in [0.29, 0.717) is 24.7 Å². The van der Waals surface area contributed by atoms with E-state index in [1.54, 1.807) is 26.3 Å². The summed E-state index contributed by atoms with van der Waals surface area (Å²) in [6.07, 6.45) is -4.30. The molecule has 6 nitrogen and oxygen atoms in total. The van der Waals surface area contributed by atoms with Gasteiger partial charge in [-0.15, -0.1) is 24.0 Å². The number of ether oxygens (including phenoxy) is 2. The highest BCUT2D eigenvalue weighted by molar-refractivity contribution is 14.0. The molecule has 10 heteroatoms. The van der Waals surface area contributed by atoms with Crippen LogP contribution in [0.1, 0.15) is 11.1 Å². The van der Waals surface area contributed by atoms with E-state index in [-0.39, 0.29) is 30.6 Å². The Balaban J connectivity index is 0.00000729. The molecular formula is C18H30F3IN4O2. The van der Waals surface area contributed by atoms with Crippen LogP contribution in [-0.4, -0.2) is 71.1 Å². The number of hydrogen-bond donors (Lipinski definition) is 2. The van der Waals surface area contributed by atoms with Crippen LogP contribution in [0.4, 0.5) is 13.2 Å². The van der Waals surface area contributed by atoms with Gasteiger partial charge in [-0.25, -0.2) is 0 Å². The summed E-state index contributed by atoms with van der Waals surface area (Å²) in [5.41, 5.74) is 1.69. The van der Waals surface area contributed by atoms with Crippen LogP contribution < -0.4 is 10.6 Å². The van der Waals surface area contributed by atoms with Crippen molar-refractivity contribution in [2.24, 2.45) is 4.99 Å². The van der Waals surface area contributed by atoms with Crippen molar-refractivity contribution in [2.75, 3.05) is 54.1 Å². The lowest BCUT2D eigenvalue weighted by atomic mass is 10.1. The monoisotopic (exact) mass is 518 g/mol. The van der Waals surface area contributed by atoms with Gasteiger partial charge in [0.2, 0.25) is 0 Å². The minimum absolute atomic E-state index is 0. The third-order valence-corrected chi connectivity index (χ3v) is 3.70. The van der Waals surface area contributed by atoms with Crippen molar-refractivity contribution < 1.29 is 22.6 Å². The molecule has 1 rings (SSSR count). The molecule has 0 heterocycles. The molecule has 0 aliphatic carbocycles. The van der Waals surface area contributed by atoms with Gasteiger partial charge in [0.1, 0.15) is 6.61 Å². The molecule has 0 saturated heterocycles. The van der Waals surface area contributed by atoms with Crippen molar-refractivity contribution in [1.29, 1.82) is 0 Å². The van der Waals surface area contributed by atoms with Gasteiger partial charge in [-0.3, -0.25) is 4.99 Å². The van der Waals surface area contributed by atoms with Crippen molar-refractivity contribution in [1.82, 2.24) is 15.5 Å². The Bertz CT molecular complexity index is 557. The number of guanidine groups is 1. The lowest BCUT2D eigenvalue weighted by Gasteiger charge is -2.18. The topological polar surface area (TPSA) is 58.1 Å². The Labute approximate surface area is 181 Å².